The highest BCUT2D eigenvalue weighted by atomic mass is 35.5. The van der Waals surface area contributed by atoms with Gasteiger partial charge in [0.05, 0.1) is 12.7 Å². The summed E-state index contributed by atoms with van der Waals surface area (Å²) in [5.41, 5.74) is 0. The lowest BCUT2D eigenvalue weighted by Crippen LogP contribution is -2.13. The van der Waals surface area contributed by atoms with Gasteiger partial charge in [0.15, 0.2) is 5.82 Å². The van der Waals surface area contributed by atoms with E-state index >= 15 is 0 Å². The molecule has 19 heavy (non-hydrogen) atoms. The van der Waals surface area contributed by atoms with Gasteiger partial charge in [0, 0.05) is 25.5 Å². The Balaban J connectivity index is 1.90. The monoisotopic (exact) mass is 280 g/mol. The third-order valence-corrected chi connectivity index (χ3v) is 2.75. The Morgan fingerprint density at radius 3 is 2.95 bits per heavy atom. The topological polar surface area (TPSA) is 67.7 Å². The lowest BCUT2D eigenvalue weighted by Gasteiger charge is -2.09. The molecule has 0 spiro atoms. The van der Waals surface area contributed by atoms with E-state index in [1.165, 1.54) is 0 Å². The van der Waals surface area contributed by atoms with Crippen LogP contribution in [0, 0.1) is 0 Å². The lowest BCUT2D eigenvalue weighted by molar-refractivity contribution is 0.637. The fraction of sp³-hybridized carbons (Fsp3) is 0.417. The van der Waals surface area contributed by atoms with E-state index in [0.29, 0.717) is 23.3 Å². The zero-order valence-electron chi connectivity index (χ0n) is 10.8. The second-order valence-corrected chi connectivity index (χ2v) is 4.42. The number of halogens is 1. The average molecular weight is 281 g/mol. The highest BCUT2D eigenvalue weighted by molar-refractivity contribution is 6.32. The molecule has 2 aromatic heterocycles. The molecule has 6 nitrogen and oxygen atoms in total. The average Bonchev–Trinajstić information content (AvgIpc) is 2.92. The predicted octanol–water partition coefficient (Wildman–Crippen LogP) is 2.26. The van der Waals surface area contributed by atoms with Crippen LogP contribution in [0.5, 0.6) is 0 Å². The number of aromatic nitrogens is 4. The van der Waals surface area contributed by atoms with E-state index < -0.39 is 0 Å². The van der Waals surface area contributed by atoms with Crippen molar-refractivity contribution in [3.8, 4) is 0 Å². The quantitative estimate of drug-likeness (QED) is 0.814. The van der Waals surface area contributed by atoms with Crippen LogP contribution in [0.3, 0.4) is 0 Å². The molecule has 2 rings (SSSR count). The van der Waals surface area contributed by atoms with Gasteiger partial charge in [-0.2, -0.15) is 10.1 Å². The van der Waals surface area contributed by atoms with Gasteiger partial charge in [-0.05, 0) is 12.5 Å². The van der Waals surface area contributed by atoms with Gasteiger partial charge in [0.2, 0.25) is 5.95 Å². The summed E-state index contributed by atoms with van der Waals surface area (Å²) in [6, 6.07) is 1.89. The molecule has 2 aromatic rings. The van der Waals surface area contributed by atoms with E-state index in [-0.39, 0.29) is 0 Å². The van der Waals surface area contributed by atoms with Crippen molar-refractivity contribution in [2.75, 3.05) is 23.7 Å². The van der Waals surface area contributed by atoms with Crippen molar-refractivity contribution in [3.05, 3.63) is 29.7 Å². The maximum absolute atomic E-state index is 6.05. The molecular weight excluding hydrogens is 264 g/mol. The minimum absolute atomic E-state index is 0.516. The number of rotatable bonds is 7. The predicted molar refractivity (Wildman–Crippen MR) is 76.5 cm³/mol. The van der Waals surface area contributed by atoms with Gasteiger partial charge in [0.1, 0.15) is 5.02 Å². The molecule has 0 atom stereocenters. The van der Waals surface area contributed by atoms with Gasteiger partial charge < -0.3 is 10.6 Å². The summed E-state index contributed by atoms with van der Waals surface area (Å²) >= 11 is 6.05. The fourth-order valence-electron chi connectivity index (χ4n) is 1.53. The molecule has 7 heteroatoms. The Kier molecular flexibility index (Phi) is 4.97. The highest BCUT2D eigenvalue weighted by Crippen LogP contribution is 2.19. The van der Waals surface area contributed by atoms with Gasteiger partial charge in [-0.25, -0.2) is 4.98 Å². The molecule has 0 bridgehead atoms. The van der Waals surface area contributed by atoms with Crippen LogP contribution in [-0.4, -0.2) is 32.8 Å². The molecular formula is C12H17ClN6. The van der Waals surface area contributed by atoms with Crippen LogP contribution in [-0.2, 0) is 6.54 Å². The number of nitrogens with one attached hydrogen (secondary N) is 2. The lowest BCUT2D eigenvalue weighted by atomic mass is 10.5. The highest BCUT2D eigenvalue weighted by Gasteiger charge is 2.04. The van der Waals surface area contributed by atoms with Crippen LogP contribution in [0.2, 0.25) is 5.02 Å². The fourth-order valence-corrected chi connectivity index (χ4v) is 1.69. The van der Waals surface area contributed by atoms with Crippen molar-refractivity contribution < 1.29 is 0 Å². The van der Waals surface area contributed by atoms with Crippen LogP contribution in [0.4, 0.5) is 11.8 Å². The van der Waals surface area contributed by atoms with Crippen LogP contribution < -0.4 is 10.6 Å². The van der Waals surface area contributed by atoms with Gasteiger partial charge >= 0.3 is 0 Å². The number of hydrogen-bond donors (Lipinski definition) is 2. The zero-order valence-corrected chi connectivity index (χ0v) is 11.6. The van der Waals surface area contributed by atoms with Crippen molar-refractivity contribution in [1.29, 1.82) is 0 Å². The van der Waals surface area contributed by atoms with Crippen LogP contribution in [0.1, 0.15) is 13.3 Å². The summed E-state index contributed by atoms with van der Waals surface area (Å²) in [5.74, 6) is 1.23. The largest absolute Gasteiger partial charge is 0.367 e. The van der Waals surface area contributed by atoms with Crippen molar-refractivity contribution in [2.45, 2.75) is 19.9 Å². The molecule has 2 N–H and O–H groups in total. The van der Waals surface area contributed by atoms with Crippen molar-refractivity contribution in [2.24, 2.45) is 0 Å². The van der Waals surface area contributed by atoms with Crippen LogP contribution in [0.15, 0.2) is 24.7 Å². The molecule has 0 aliphatic rings. The van der Waals surface area contributed by atoms with E-state index in [4.69, 9.17) is 11.6 Å². The molecule has 0 saturated carbocycles. The van der Waals surface area contributed by atoms with Gasteiger partial charge in [-0.1, -0.05) is 18.5 Å². The van der Waals surface area contributed by atoms with E-state index in [9.17, 15) is 0 Å². The first-order valence-electron chi connectivity index (χ1n) is 6.27. The van der Waals surface area contributed by atoms with Crippen LogP contribution >= 0.6 is 11.6 Å². The second kappa shape index (κ2) is 6.94. The van der Waals surface area contributed by atoms with E-state index in [1.807, 2.05) is 16.9 Å². The molecule has 0 saturated heterocycles. The molecule has 2 heterocycles. The Labute approximate surface area is 117 Å². The van der Waals surface area contributed by atoms with E-state index in [1.54, 1.807) is 12.4 Å². The third kappa shape index (κ3) is 4.10. The normalized spacial score (nSPS) is 10.4. The summed E-state index contributed by atoms with van der Waals surface area (Å²) < 4.78 is 1.85. The summed E-state index contributed by atoms with van der Waals surface area (Å²) in [5, 5.41) is 11.0. The molecule has 0 aliphatic heterocycles. The Hall–Kier alpha value is -1.82. The van der Waals surface area contributed by atoms with Crippen molar-refractivity contribution >= 4 is 23.4 Å². The molecule has 102 valence electrons. The molecule has 0 amide bonds. The maximum Gasteiger partial charge on any atom is 0.224 e. The standard InChI is InChI=1S/C12H17ClN6/c1-2-4-15-12-16-9-10(13)11(18-12)14-6-8-19-7-3-5-17-19/h3,5,7,9H,2,4,6,8H2,1H3,(H2,14,15,16,18). The Morgan fingerprint density at radius 1 is 1.32 bits per heavy atom. The van der Waals surface area contributed by atoms with Crippen LogP contribution in [0.25, 0.3) is 0 Å². The summed E-state index contributed by atoms with van der Waals surface area (Å²) in [4.78, 5) is 8.46. The first-order valence-corrected chi connectivity index (χ1v) is 6.65. The Bertz CT molecular complexity index is 499. The SMILES string of the molecule is CCCNc1ncc(Cl)c(NCCn2cccn2)n1. The van der Waals surface area contributed by atoms with Crippen molar-refractivity contribution in [1.82, 2.24) is 19.7 Å². The van der Waals surface area contributed by atoms with Crippen molar-refractivity contribution in [3.63, 3.8) is 0 Å². The minimum Gasteiger partial charge on any atom is -0.367 e. The number of nitrogens with zero attached hydrogens (tertiary/aromatic N) is 4. The summed E-state index contributed by atoms with van der Waals surface area (Å²) in [6.07, 6.45) is 6.29. The van der Waals surface area contributed by atoms with E-state index in [0.717, 1.165) is 19.5 Å². The first-order chi connectivity index (χ1) is 9.29. The molecule has 0 radical (unpaired) electrons. The van der Waals surface area contributed by atoms with Gasteiger partial charge in [-0.15, -0.1) is 0 Å². The Morgan fingerprint density at radius 2 is 2.21 bits per heavy atom. The smallest absolute Gasteiger partial charge is 0.224 e. The summed E-state index contributed by atoms with van der Waals surface area (Å²) in [6.45, 7) is 4.39. The van der Waals surface area contributed by atoms with E-state index in [2.05, 4.69) is 32.6 Å². The minimum atomic E-state index is 0.516. The molecule has 0 aromatic carbocycles. The number of anilines is 2. The first kappa shape index (κ1) is 13.6. The van der Waals surface area contributed by atoms with Gasteiger partial charge in [0.25, 0.3) is 0 Å². The molecule has 0 fully saturated rings. The number of hydrogen-bond acceptors (Lipinski definition) is 5. The third-order valence-electron chi connectivity index (χ3n) is 2.47. The zero-order chi connectivity index (χ0) is 13.5. The maximum atomic E-state index is 6.05. The second-order valence-electron chi connectivity index (χ2n) is 4.01. The molecule has 0 unspecified atom stereocenters. The molecule has 0 aliphatic carbocycles. The van der Waals surface area contributed by atoms with Gasteiger partial charge in [-0.3, -0.25) is 4.68 Å². The summed E-state index contributed by atoms with van der Waals surface area (Å²) in [7, 11) is 0.